The number of rotatable bonds is 2. The van der Waals surface area contributed by atoms with Crippen LogP contribution in [0.2, 0.25) is 10.3 Å². The highest BCUT2D eigenvalue weighted by atomic mass is 35.5. The van der Waals surface area contributed by atoms with Gasteiger partial charge in [0.1, 0.15) is 11.0 Å². The molecule has 3 aliphatic rings. The second-order valence-corrected chi connectivity index (χ2v) is 7.82. The third-order valence-corrected chi connectivity index (χ3v) is 5.97. The minimum absolute atomic E-state index is 0.0991. The molecule has 0 amide bonds. The average Bonchev–Trinajstić information content (AvgIpc) is 3.35. The molecule has 5 rings (SSSR count). The van der Waals surface area contributed by atoms with E-state index in [9.17, 15) is 4.39 Å². The highest BCUT2D eigenvalue weighted by molar-refractivity contribution is 6.32. The predicted octanol–water partition coefficient (Wildman–Crippen LogP) is 3.89. The highest BCUT2D eigenvalue weighted by Crippen LogP contribution is 2.48. The van der Waals surface area contributed by atoms with Gasteiger partial charge in [0, 0.05) is 47.7 Å². The molecule has 2 saturated heterocycles. The lowest BCUT2D eigenvalue weighted by atomic mass is 10.0. The molecule has 0 radical (unpaired) electrons. The van der Waals surface area contributed by atoms with Gasteiger partial charge in [-0.15, -0.1) is 0 Å². The van der Waals surface area contributed by atoms with E-state index < -0.39 is 5.82 Å². The van der Waals surface area contributed by atoms with E-state index in [4.69, 9.17) is 23.2 Å². The van der Waals surface area contributed by atoms with Crippen LogP contribution in [0.15, 0.2) is 6.20 Å². The van der Waals surface area contributed by atoms with Crippen LogP contribution >= 0.6 is 23.2 Å². The van der Waals surface area contributed by atoms with Crippen LogP contribution in [0.4, 0.5) is 10.2 Å². The average molecular weight is 367 g/mol. The molecule has 0 aromatic carbocycles. The molecule has 1 saturated carbocycles. The van der Waals surface area contributed by atoms with Gasteiger partial charge in [-0.2, -0.15) is 0 Å². The Kier molecular flexibility index (Phi) is 3.41. The summed E-state index contributed by atoms with van der Waals surface area (Å²) in [5, 5.41) is 5.15. The molecule has 2 bridgehead atoms. The Morgan fingerprint density at radius 1 is 1.08 bits per heavy atom. The van der Waals surface area contributed by atoms with E-state index in [1.807, 2.05) is 0 Å². The van der Waals surface area contributed by atoms with Crippen LogP contribution in [0.5, 0.6) is 0 Å². The van der Waals surface area contributed by atoms with Gasteiger partial charge >= 0.3 is 0 Å². The summed E-state index contributed by atoms with van der Waals surface area (Å²) < 4.78 is 14.8. The molecule has 1 N–H and O–H groups in total. The number of nitrogens with one attached hydrogen (secondary N) is 1. The van der Waals surface area contributed by atoms with Crippen LogP contribution in [0.1, 0.15) is 37.2 Å². The summed E-state index contributed by atoms with van der Waals surface area (Å²) in [5.74, 6) is 0.550. The van der Waals surface area contributed by atoms with Crippen molar-refractivity contribution < 1.29 is 4.39 Å². The zero-order valence-electron chi connectivity index (χ0n) is 13.0. The van der Waals surface area contributed by atoms with Gasteiger partial charge in [0.2, 0.25) is 0 Å². The second-order valence-electron chi connectivity index (χ2n) is 7.11. The number of nitrogens with zero attached hydrogens (tertiary/aromatic N) is 3. The van der Waals surface area contributed by atoms with Crippen LogP contribution < -0.4 is 10.2 Å². The van der Waals surface area contributed by atoms with E-state index in [0.29, 0.717) is 22.6 Å². The van der Waals surface area contributed by atoms with E-state index in [1.54, 1.807) is 6.20 Å². The number of pyridine rings is 2. The SMILES string of the molecule is Fc1c(Cl)ncc2c(N3CC4CCC(C3)N4)nc(Cl)c(C3CC3)c12. The number of aromatic nitrogens is 2. The third kappa shape index (κ3) is 2.29. The first kappa shape index (κ1) is 15.1. The van der Waals surface area contributed by atoms with Crippen molar-refractivity contribution in [3.63, 3.8) is 0 Å². The van der Waals surface area contributed by atoms with Gasteiger partial charge in [0.15, 0.2) is 11.0 Å². The number of anilines is 1. The Bertz CT molecular complexity index is 827. The molecule has 2 aromatic heterocycles. The van der Waals surface area contributed by atoms with Crippen molar-refractivity contribution in [3.8, 4) is 0 Å². The molecule has 2 aliphatic heterocycles. The summed E-state index contributed by atoms with van der Waals surface area (Å²) in [4.78, 5) is 10.9. The topological polar surface area (TPSA) is 41.1 Å². The second kappa shape index (κ2) is 5.41. The monoisotopic (exact) mass is 366 g/mol. The maximum Gasteiger partial charge on any atom is 0.168 e. The zero-order chi connectivity index (χ0) is 16.4. The number of fused-ring (bicyclic) bond motifs is 3. The normalized spacial score (nSPS) is 26.4. The van der Waals surface area contributed by atoms with Gasteiger partial charge in [-0.3, -0.25) is 0 Å². The Labute approximate surface area is 149 Å². The van der Waals surface area contributed by atoms with Gasteiger partial charge in [0.25, 0.3) is 0 Å². The van der Waals surface area contributed by atoms with Crippen molar-refractivity contribution in [2.24, 2.45) is 0 Å². The highest BCUT2D eigenvalue weighted by Gasteiger charge is 2.36. The maximum absolute atomic E-state index is 14.8. The van der Waals surface area contributed by atoms with E-state index in [1.165, 1.54) is 12.8 Å². The quantitative estimate of drug-likeness (QED) is 0.818. The lowest BCUT2D eigenvalue weighted by molar-refractivity contribution is 0.464. The van der Waals surface area contributed by atoms with Gasteiger partial charge in [0.05, 0.1) is 0 Å². The maximum atomic E-state index is 14.8. The van der Waals surface area contributed by atoms with Crippen LogP contribution in [0, 0.1) is 5.82 Å². The largest absolute Gasteiger partial charge is 0.353 e. The molecular weight excluding hydrogens is 350 g/mol. The van der Waals surface area contributed by atoms with E-state index in [2.05, 4.69) is 20.2 Å². The summed E-state index contributed by atoms with van der Waals surface area (Å²) in [6, 6.07) is 0.931. The molecule has 1 aliphatic carbocycles. The summed E-state index contributed by atoms with van der Waals surface area (Å²) in [6.45, 7) is 1.73. The summed E-state index contributed by atoms with van der Waals surface area (Å²) in [6.07, 6.45) is 6.03. The Hall–Kier alpha value is -1.17. The predicted molar refractivity (Wildman–Crippen MR) is 93.6 cm³/mol. The van der Waals surface area contributed by atoms with Crippen molar-refractivity contribution in [2.45, 2.75) is 43.7 Å². The van der Waals surface area contributed by atoms with Crippen molar-refractivity contribution in [2.75, 3.05) is 18.0 Å². The first-order valence-electron chi connectivity index (χ1n) is 8.46. The number of hydrogen-bond donors (Lipinski definition) is 1. The van der Waals surface area contributed by atoms with E-state index in [-0.39, 0.29) is 11.1 Å². The third-order valence-electron chi connectivity index (χ3n) is 5.42. The fraction of sp³-hybridized carbons (Fsp3) is 0.529. The van der Waals surface area contributed by atoms with Crippen LogP contribution in [0.3, 0.4) is 0 Å². The Morgan fingerprint density at radius 3 is 2.46 bits per heavy atom. The minimum atomic E-state index is -0.472. The smallest absolute Gasteiger partial charge is 0.168 e. The van der Waals surface area contributed by atoms with Gasteiger partial charge in [-0.05, 0) is 31.6 Å². The number of halogens is 3. The Balaban J connectivity index is 1.72. The molecule has 2 atom stereocenters. The van der Waals surface area contributed by atoms with Crippen LogP contribution in [-0.2, 0) is 0 Å². The lowest BCUT2D eigenvalue weighted by Crippen LogP contribution is -2.51. The molecule has 0 spiro atoms. The number of hydrogen-bond acceptors (Lipinski definition) is 4. The molecule has 2 aromatic rings. The van der Waals surface area contributed by atoms with Crippen molar-refractivity contribution in [1.82, 2.24) is 15.3 Å². The van der Waals surface area contributed by atoms with Gasteiger partial charge in [-0.25, -0.2) is 14.4 Å². The molecule has 126 valence electrons. The zero-order valence-corrected chi connectivity index (χ0v) is 14.5. The summed E-state index contributed by atoms with van der Waals surface area (Å²) in [7, 11) is 0. The van der Waals surface area contributed by atoms with Gasteiger partial charge in [-0.1, -0.05) is 23.2 Å². The molecule has 7 heteroatoms. The van der Waals surface area contributed by atoms with Crippen LogP contribution in [0.25, 0.3) is 10.8 Å². The first-order valence-corrected chi connectivity index (χ1v) is 9.21. The molecule has 2 unspecified atom stereocenters. The van der Waals surface area contributed by atoms with E-state index in [0.717, 1.165) is 42.7 Å². The lowest BCUT2D eigenvalue weighted by Gasteiger charge is -2.34. The fourth-order valence-corrected chi connectivity index (χ4v) is 4.64. The van der Waals surface area contributed by atoms with Crippen molar-refractivity contribution in [3.05, 3.63) is 27.9 Å². The molecule has 24 heavy (non-hydrogen) atoms. The van der Waals surface area contributed by atoms with Gasteiger partial charge < -0.3 is 10.2 Å². The molecule has 4 nitrogen and oxygen atoms in total. The summed E-state index contributed by atoms with van der Waals surface area (Å²) >= 11 is 12.5. The molecule has 4 heterocycles. The number of piperazine rings is 1. The summed E-state index contributed by atoms with van der Waals surface area (Å²) in [5.41, 5.74) is 0.801. The minimum Gasteiger partial charge on any atom is -0.353 e. The van der Waals surface area contributed by atoms with Crippen molar-refractivity contribution >= 4 is 39.8 Å². The first-order chi connectivity index (χ1) is 11.6. The van der Waals surface area contributed by atoms with Crippen LogP contribution in [-0.4, -0.2) is 35.1 Å². The molecule has 3 fully saturated rings. The molecular formula is C17H17Cl2FN4. The Morgan fingerprint density at radius 2 is 1.79 bits per heavy atom. The van der Waals surface area contributed by atoms with Crippen molar-refractivity contribution in [1.29, 1.82) is 0 Å². The van der Waals surface area contributed by atoms with E-state index >= 15 is 0 Å². The standard InChI is InChI=1S/C17H17Cl2FN4/c18-15-12(8-1-2-8)13-11(5-21-16(19)14(13)20)17(23-15)24-6-9-3-4-10(7-24)22-9/h5,8-10,22H,1-4,6-7H2. The fourth-order valence-electron chi connectivity index (χ4n) is 4.17.